The van der Waals surface area contributed by atoms with Gasteiger partial charge in [0.2, 0.25) is 0 Å². The summed E-state index contributed by atoms with van der Waals surface area (Å²) in [5, 5.41) is 12.6. The molecule has 0 atom stereocenters. The number of hydrogen-bond donors (Lipinski definition) is 1. The molecule has 136 valence electrons. The lowest BCUT2D eigenvalue weighted by atomic mass is 10.1. The maximum absolute atomic E-state index is 13.7. The first-order valence-electron chi connectivity index (χ1n) is 6.87. The van der Waals surface area contributed by atoms with E-state index in [9.17, 15) is 31.1 Å². The molecule has 5 nitrogen and oxygen atoms in total. The number of carboxylic acid groups (broad SMARTS) is 1. The van der Waals surface area contributed by atoms with Gasteiger partial charge in [0.1, 0.15) is 17.1 Å². The average molecular weight is 375 g/mol. The van der Waals surface area contributed by atoms with Crippen LogP contribution in [-0.4, -0.2) is 25.7 Å². The van der Waals surface area contributed by atoms with Gasteiger partial charge in [-0.1, -0.05) is 6.07 Å². The smallest absolute Gasteiger partial charge is 0.419 e. The number of nitrogens with zero attached hydrogens (tertiary/aromatic N) is 3. The number of carboxylic acids is 1. The molecule has 0 fully saturated rings. The SMILES string of the molecule is O=C(O)c1cnn2c(C(F)F)cc(-c3ccc(C(F)(F)F)c(F)c3)nc12. The van der Waals surface area contributed by atoms with E-state index < -0.39 is 46.9 Å². The Morgan fingerprint density at radius 1 is 1.19 bits per heavy atom. The van der Waals surface area contributed by atoms with E-state index in [0.717, 1.165) is 18.3 Å². The number of halogens is 6. The standard InChI is InChI=1S/C15H7F6N3O2/c16-9-3-6(1-2-8(9)15(19,20)21)10-4-11(12(17)18)24-13(23-10)7(5-22-24)14(25)26/h1-5,12H,(H,25,26). The fourth-order valence-electron chi connectivity index (χ4n) is 2.34. The molecule has 1 aromatic carbocycles. The lowest BCUT2D eigenvalue weighted by Crippen LogP contribution is -2.08. The molecule has 0 amide bonds. The normalized spacial score (nSPS) is 12.1. The van der Waals surface area contributed by atoms with Gasteiger partial charge in [-0.15, -0.1) is 0 Å². The summed E-state index contributed by atoms with van der Waals surface area (Å²) in [6.07, 6.45) is -7.19. The molecule has 3 rings (SSSR count). The largest absolute Gasteiger partial charge is 0.477 e. The molecule has 0 saturated carbocycles. The van der Waals surface area contributed by atoms with Gasteiger partial charge in [-0.05, 0) is 18.2 Å². The van der Waals surface area contributed by atoms with E-state index in [2.05, 4.69) is 10.1 Å². The zero-order chi connectivity index (χ0) is 19.2. The molecule has 11 heteroatoms. The molecule has 0 bridgehead atoms. The van der Waals surface area contributed by atoms with Crippen molar-refractivity contribution in [3.05, 3.63) is 53.1 Å². The third-order valence-corrected chi connectivity index (χ3v) is 3.52. The third kappa shape index (κ3) is 2.95. The lowest BCUT2D eigenvalue weighted by Gasteiger charge is -2.11. The molecule has 0 radical (unpaired) electrons. The molecule has 0 saturated heterocycles. The summed E-state index contributed by atoms with van der Waals surface area (Å²) in [5.74, 6) is -3.09. The van der Waals surface area contributed by atoms with Crippen LogP contribution in [0.2, 0.25) is 0 Å². The van der Waals surface area contributed by atoms with Crippen molar-refractivity contribution in [2.24, 2.45) is 0 Å². The molecular weight excluding hydrogens is 368 g/mol. The highest BCUT2D eigenvalue weighted by molar-refractivity contribution is 5.94. The molecule has 0 aliphatic rings. The van der Waals surface area contributed by atoms with Crippen molar-refractivity contribution in [1.82, 2.24) is 14.6 Å². The van der Waals surface area contributed by atoms with E-state index in [1.54, 1.807) is 0 Å². The van der Waals surface area contributed by atoms with Gasteiger partial charge in [0.05, 0.1) is 17.5 Å². The average Bonchev–Trinajstić information content (AvgIpc) is 2.96. The van der Waals surface area contributed by atoms with Gasteiger partial charge in [-0.3, -0.25) is 0 Å². The number of benzene rings is 1. The summed E-state index contributed by atoms with van der Waals surface area (Å²) in [4.78, 5) is 15.0. The van der Waals surface area contributed by atoms with Crippen LogP contribution >= 0.6 is 0 Å². The van der Waals surface area contributed by atoms with E-state index >= 15 is 0 Å². The van der Waals surface area contributed by atoms with Crippen molar-refractivity contribution in [3.63, 3.8) is 0 Å². The van der Waals surface area contributed by atoms with Gasteiger partial charge < -0.3 is 5.11 Å². The quantitative estimate of drug-likeness (QED) is 0.697. The molecule has 1 N–H and O–H groups in total. The van der Waals surface area contributed by atoms with E-state index in [1.807, 2.05) is 0 Å². The number of alkyl halides is 5. The Bertz CT molecular complexity index is 1010. The molecule has 2 aromatic heterocycles. The Morgan fingerprint density at radius 3 is 2.42 bits per heavy atom. The number of fused-ring (bicyclic) bond motifs is 1. The topological polar surface area (TPSA) is 67.5 Å². The Hall–Kier alpha value is -3.11. The van der Waals surface area contributed by atoms with Gasteiger partial charge in [0.15, 0.2) is 5.65 Å². The second-order valence-corrected chi connectivity index (χ2v) is 5.16. The highest BCUT2D eigenvalue weighted by atomic mass is 19.4. The first-order valence-corrected chi connectivity index (χ1v) is 6.87. The highest BCUT2D eigenvalue weighted by Gasteiger charge is 2.34. The number of hydrogen-bond acceptors (Lipinski definition) is 3. The van der Waals surface area contributed by atoms with Crippen molar-refractivity contribution in [3.8, 4) is 11.3 Å². The Balaban J connectivity index is 2.23. The summed E-state index contributed by atoms with van der Waals surface area (Å²) in [6.45, 7) is 0. The lowest BCUT2D eigenvalue weighted by molar-refractivity contribution is -0.139. The van der Waals surface area contributed by atoms with Gasteiger partial charge in [0, 0.05) is 5.56 Å². The summed E-state index contributed by atoms with van der Waals surface area (Å²) in [5.41, 5.74) is -3.72. The molecule has 0 aliphatic heterocycles. The minimum Gasteiger partial charge on any atom is -0.477 e. The van der Waals surface area contributed by atoms with Crippen LogP contribution < -0.4 is 0 Å². The fraction of sp³-hybridized carbons (Fsp3) is 0.133. The zero-order valence-corrected chi connectivity index (χ0v) is 12.4. The van der Waals surface area contributed by atoms with Crippen LogP contribution in [0.5, 0.6) is 0 Å². The van der Waals surface area contributed by atoms with E-state index in [1.165, 1.54) is 0 Å². The monoisotopic (exact) mass is 375 g/mol. The van der Waals surface area contributed by atoms with Crippen LogP contribution in [0.25, 0.3) is 16.9 Å². The summed E-state index contributed by atoms with van der Waals surface area (Å²) >= 11 is 0. The minimum absolute atomic E-state index is 0.225. The second kappa shape index (κ2) is 6.00. The summed E-state index contributed by atoms with van der Waals surface area (Å²) in [6, 6.07) is 2.61. The number of carbonyl (C=O) groups is 1. The Morgan fingerprint density at radius 2 is 1.88 bits per heavy atom. The van der Waals surface area contributed by atoms with Crippen LogP contribution in [0, 0.1) is 5.82 Å². The zero-order valence-electron chi connectivity index (χ0n) is 12.4. The van der Waals surface area contributed by atoms with Gasteiger partial charge >= 0.3 is 12.1 Å². The van der Waals surface area contributed by atoms with Gasteiger partial charge in [0.25, 0.3) is 6.43 Å². The molecule has 0 aliphatic carbocycles. The predicted octanol–water partition coefficient (Wildman–Crippen LogP) is 4.19. The third-order valence-electron chi connectivity index (χ3n) is 3.52. The second-order valence-electron chi connectivity index (χ2n) is 5.16. The van der Waals surface area contributed by atoms with E-state index in [-0.39, 0.29) is 11.3 Å². The summed E-state index contributed by atoms with van der Waals surface area (Å²) in [7, 11) is 0. The first kappa shape index (κ1) is 17.7. The molecule has 26 heavy (non-hydrogen) atoms. The predicted molar refractivity (Wildman–Crippen MR) is 75.3 cm³/mol. The number of aromatic carboxylic acids is 1. The van der Waals surface area contributed by atoms with Gasteiger partial charge in [-0.25, -0.2) is 27.5 Å². The molecule has 0 unspecified atom stereocenters. The highest BCUT2D eigenvalue weighted by Crippen LogP contribution is 2.34. The van der Waals surface area contributed by atoms with Crippen LogP contribution in [-0.2, 0) is 6.18 Å². The number of aromatic nitrogens is 3. The first-order chi connectivity index (χ1) is 12.1. The Labute approximate surface area is 140 Å². The molecule has 2 heterocycles. The van der Waals surface area contributed by atoms with E-state index in [0.29, 0.717) is 16.6 Å². The maximum atomic E-state index is 13.7. The van der Waals surface area contributed by atoms with Crippen molar-refractivity contribution < 1.29 is 36.2 Å². The Kier molecular flexibility index (Phi) is 4.09. The summed E-state index contributed by atoms with van der Waals surface area (Å²) < 4.78 is 78.7. The molecule has 0 spiro atoms. The van der Waals surface area contributed by atoms with Crippen molar-refractivity contribution >= 4 is 11.6 Å². The van der Waals surface area contributed by atoms with Crippen LogP contribution in [0.3, 0.4) is 0 Å². The van der Waals surface area contributed by atoms with Crippen LogP contribution in [0.15, 0.2) is 30.5 Å². The van der Waals surface area contributed by atoms with Crippen molar-refractivity contribution in [2.45, 2.75) is 12.6 Å². The fourth-order valence-corrected chi connectivity index (χ4v) is 2.34. The van der Waals surface area contributed by atoms with Crippen LogP contribution in [0.1, 0.15) is 28.0 Å². The molecular formula is C15H7F6N3O2. The van der Waals surface area contributed by atoms with Crippen LogP contribution in [0.4, 0.5) is 26.3 Å². The van der Waals surface area contributed by atoms with Crippen molar-refractivity contribution in [1.29, 1.82) is 0 Å². The van der Waals surface area contributed by atoms with E-state index in [4.69, 9.17) is 5.11 Å². The number of rotatable bonds is 3. The molecule has 3 aromatic rings. The van der Waals surface area contributed by atoms with Crippen molar-refractivity contribution in [2.75, 3.05) is 0 Å². The van der Waals surface area contributed by atoms with Gasteiger partial charge in [-0.2, -0.15) is 18.3 Å². The minimum atomic E-state index is -4.92. The maximum Gasteiger partial charge on any atom is 0.419 e.